The summed E-state index contributed by atoms with van der Waals surface area (Å²) >= 11 is 0. The molecule has 0 spiro atoms. The van der Waals surface area contributed by atoms with Crippen molar-refractivity contribution in [3.63, 3.8) is 0 Å². The zero-order valence-electron chi connectivity index (χ0n) is 11.6. The maximum absolute atomic E-state index is 8.45. The number of aliphatic hydroxyl groups excluding tert-OH is 1. The van der Waals surface area contributed by atoms with E-state index >= 15 is 0 Å². The highest BCUT2D eigenvalue weighted by atomic mass is 16.2. The molecule has 0 saturated carbocycles. The van der Waals surface area contributed by atoms with Crippen LogP contribution in [0.2, 0.25) is 0 Å². The zero-order chi connectivity index (χ0) is 14.3. The van der Waals surface area contributed by atoms with Crippen molar-refractivity contribution < 1.29 is 5.11 Å². The van der Waals surface area contributed by atoms with Crippen LogP contribution in [0, 0.1) is 22.7 Å². The molecule has 3 heteroatoms. The Hall–Kier alpha value is -1.84. The fourth-order valence-corrected chi connectivity index (χ4v) is 1.57. The number of unbranched alkanes of at least 4 members (excludes halogenated alkanes) is 5. The lowest BCUT2D eigenvalue weighted by molar-refractivity contribution is 0.282. The van der Waals surface area contributed by atoms with E-state index in [-0.39, 0.29) is 0 Å². The normalized spacial score (nSPS) is 8.84. The van der Waals surface area contributed by atoms with Crippen molar-refractivity contribution in [1.82, 2.24) is 0 Å². The fraction of sp³-hybridized carbons (Fsp3) is 0.500. The smallest absolute Gasteiger partial charge is 0.101 e. The third kappa shape index (κ3) is 8.83. The van der Waals surface area contributed by atoms with Gasteiger partial charge in [0.05, 0.1) is 11.1 Å². The standard InChI is InChI=1S/C8H4N2.C8H18O/c9-5-7-3-1-2-4-8(7)6-10;1-2-3-4-5-6-7-8-9/h1-4H;9H,2-8H2,1H3. The summed E-state index contributed by atoms with van der Waals surface area (Å²) in [6.45, 7) is 2.58. The molecule has 0 aliphatic carbocycles. The molecule has 1 rings (SSSR count). The van der Waals surface area contributed by atoms with Crippen molar-refractivity contribution in [2.75, 3.05) is 6.61 Å². The van der Waals surface area contributed by atoms with E-state index in [0.717, 1.165) is 6.42 Å². The Labute approximate surface area is 116 Å². The van der Waals surface area contributed by atoms with Crippen molar-refractivity contribution in [2.45, 2.75) is 45.4 Å². The highest BCUT2D eigenvalue weighted by molar-refractivity contribution is 5.44. The molecule has 0 saturated heterocycles. The summed E-state index contributed by atoms with van der Waals surface area (Å²) in [6.07, 6.45) is 7.50. The van der Waals surface area contributed by atoms with Gasteiger partial charge in [0.25, 0.3) is 0 Å². The lowest BCUT2D eigenvalue weighted by atomic mass is 10.1. The minimum absolute atomic E-state index is 0.367. The highest BCUT2D eigenvalue weighted by Gasteiger charge is 1.95. The van der Waals surface area contributed by atoms with E-state index in [1.54, 1.807) is 24.3 Å². The number of benzene rings is 1. The van der Waals surface area contributed by atoms with Gasteiger partial charge in [0, 0.05) is 6.61 Å². The second-order valence-corrected chi connectivity index (χ2v) is 4.26. The van der Waals surface area contributed by atoms with Gasteiger partial charge in [0.2, 0.25) is 0 Å². The highest BCUT2D eigenvalue weighted by Crippen LogP contribution is 2.04. The van der Waals surface area contributed by atoms with Gasteiger partial charge in [-0.3, -0.25) is 0 Å². The number of hydrogen-bond acceptors (Lipinski definition) is 3. The van der Waals surface area contributed by atoms with E-state index < -0.39 is 0 Å². The van der Waals surface area contributed by atoms with Crippen LogP contribution in [0.15, 0.2) is 24.3 Å². The Bertz CT molecular complexity index is 376. The van der Waals surface area contributed by atoms with Crippen LogP contribution in [-0.4, -0.2) is 11.7 Å². The summed E-state index contributed by atoms with van der Waals surface area (Å²) < 4.78 is 0. The minimum atomic E-state index is 0.367. The Balaban J connectivity index is 0.000000344. The molecule has 1 aromatic rings. The number of nitrogens with zero attached hydrogens (tertiary/aromatic N) is 2. The summed E-state index contributed by atoms with van der Waals surface area (Å²) in [5.41, 5.74) is 0.870. The lowest BCUT2D eigenvalue weighted by Gasteiger charge is -1.95. The van der Waals surface area contributed by atoms with Crippen LogP contribution in [0.4, 0.5) is 0 Å². The second kappa shape index (κ2) is 12.6. The molecule has 0 amide bonds. The monoisotopic (exact) mass is 258 g/mol. The van der Waals surface area contributed by atoms with Gasteiger partial charge in [0.1, 0.15) is 12.1 Å². The molecule has 102 valence electrons. The molecular weight excluding hydrogens is 236 g/mol. The van der Waals surface area contributed by atoms with Gasteiger partial charge in [-0.2, -0.15) is 10.5 Å². The third-order valence-electron chi connectivity index (χ3n) is 2.68. The summed E-state index contributed by atoms with van der Waals surface area (Å²) in [7, 11) is 0. The van der Waals surface area contributed by atoms with E-state index in [1.807, 2.05) is 12.1 Å². The van der Waals surface area contributed by atoms with Crippen molar-refractivity contribution in [3.8, 4) is 12.1 Å². The first-order valence-corrected chi connectivity index (χ1v) is 6.80. The number of hydrogen-bond donors (Lipinski definition) is 1. The van der Waals surface area contributed by atoms with Gasteiger partial charge in [-0.25, -0.2) is 0 Å². The molecule has 0 fully saturated rings. The predicted octanol–water partition coefficient (Wildman–Crippen LogP) is 3.77. The summed E-state index contributed by atoms with van der Waals surface area (Å²) in [5, 5.41) is 25.3. The number of aliphatic hydroxyl groups is 1. The third-order valence-corrected chi connectivity index (χ3v) is 2.68. The van der Waals surface area contributed by atoms with Crippen LogP contribution in [0.25, 0.3) is 0 Å². The molecule has 1 N–H and O–H groups in total. The van der Waals surface area contributed by atoms with Gasteiger partial charge in [-0.05, 0) is 18.6 Å². The van der Waals surface area contributed by atoms with Crippen LogP contribution in [0.3, 0.4) is 0 Å². The number of rotatable bonds is 6. The van der Waals surface area contributed by atoms with Crippen molar-refractivity contribution in [3.05, 3.63) is 35.4 Å². The number of nitriles is 2. The van der Waals surface area contributed by atoms with Crippen LogP contribution in [0.1, 0.15) is 56.6 Å². The summed E-state index contributed by atoms with van der Waals surface area (Å²) in [6, 6.07) is 10.6. The largest absolute Gasteiger partial charge is 0.396 e. The SMILES string of the molecule is CCCCCCCCO.N#Cc1ccccc1C#N. The average molecular weight is 258 g/mol. The van der Waals surface area contributed by atoms with E-state index in [2.05, 4.69) is 6.92 Å². The van der Waals surface area contributed by atoms with Crippen molar-refractivity contribution >= 4 is 0 Å². The molecule has 0 aromatic heterocycles. The van der Waals surface area contributed by atoms with Gasteiger partial charge >= 0.3 is 0 Å². The van der Waals surface area contributed by atoms with Gasteiger partial charge in [-0.15, -0.1) is 0 Å². The van der Waals surface area contributed by atoms with E-state index in [9.17, 15) is 0 Å². The van der Waals surface area contributed by atoms with Crippen molar-refractivity contribution in [2.24, 2.45) is 0 Å². The molecule has 0 unspecified atom stereocenters. The maximum atomic E-state index is 8.45. The topological polar surface area (TPSA) is 67.8 Å². The zero-order valence-corrected chi connectivity index (χ0v) is 11.6. The Morgan fingerprint density at radius 3 is 1.79 bits per heavy atom. The summed E-state index contributed by atoms with van der Waals surface area (Å²) in [5.74, 6) is 0. The van der Waals surface area contributed by atoms with E-state index in [0.29, 0.717) is 17.7 Å². The van der Waals surface area contributed by atoms with Gasteiger partial charge < -0.3 is 5.11 Å². The van der Waals surface area contributed by atoms with Crippen LogP contribution < -0.4 is 0 Å². The predicted molar refractivity (Wildman–Crippen MR) is 76.3 cm³/mol. The first-order chi connectivity index (χ1) is 9.29. The van der Waals surface area contributed by atoms with Crippen LogP contribution in [-0.2, 0) is 0 Å². The second-order valence-electron chi connectivity index (χ2n) is 4.26. The molecule has 0 atom stereocenters. The van der Waals surface area contributed by atoms with Gasteiger partial charge in [0.15, 0.2) is 0 Å². The quantitative estimate of drug-likeness (QED) is 0.790. The first kappa shape index (κ1) is 17.2. The Morgan fingerprint density at radius 1 is 0.895 bits per heavy atom. The molecule has 0 aliphatic heterocycles. The van der Waals surface area contributed by atoms with E-state index in [1.165, 1.54) is 32.1 Å². The molecule has 0 radical (unpaired) electrons. The van der Waals surface area contributed by atoms with Crippen LogP contribution >= 0.6 is 0 Å². The molecule has 0 bridgehead atoms. The van der Waals surface area contributed by atoms with Crippen LogP contribution in [0.5, 0.6) is 0 Å². The molecule has 3 nitrogen and oxygen atoms in total. The fourth-order valence-electron chi connectivity index (χ4n) is 1.57. The minimum Gasteiger partial charge on any atom is -0.396 e. The molecule has 19 heavy (non-hydrogen) atoms. The molecule has 1 aromatic carbocycles. The van der Waals surface area contributed by atoms with Crippen molar-refractivity contribution in [1.29, 1.82) is 10.5 Å². The Morgan fingerprint density at radius 2 is 1.37 bits per heavy atom. The molecule has 0 heterocycles. The molecular formula is C16H22N2O. The Kier molecular flexibility index (Phi) is 11.4. The average Bonchev–Trinajstić information content (AvgIpc) is 2.47. The first-order valence-electron chi connectivity index (χ1n) is 6.80. The summed E-state index contributed by atoms with van der Waals surface area (Å²) in [4.78, 5) is 0. The maximum Gasteiger partial charge on any atom is 0.101 e. The lowest BCUT2D eigenvalue weighted by Crippen LogP contribution is -1.82. The van der Waals surface area contributed by atoms with Gasteiger partial charge in [-0.1, -0.05) is 51.2 Å². The van der Waals surface area contributed by atoms with E-state index in [4.69, 9.17) is 15.6 Å². The molecule has 0 aliphatic rings.